The zero-order valence-electron chi connectivity index (χ0n) is 12.4. The molecular weight excluding hydrogens is 290 g/mol. The van der Waals surface area contributed by atoms with Gasteiger partial charge in [0.15, 0.2) is 0 Å². The summed E-state index contributed by atoms with van der Waals surface area (Å²) < 4.78 is 29.2. The van der Waals surface area contributed by atoms with Gasteiger partial charge in [-0.2, -0.15) is 0 Å². The molecule has 2 rings (SSSR count). The van der Waals surface area contributed by atoms with E-state index in [-0.39, 0.29) is 5.97 Å². The molecule has 21 heavy (non-hydrogen) atoms. The minimum atomic E-state index is -3.07. The Bertz CT molecular complexity index is 604. The summed E-state index contributed by atoms with van der Waals surface area (Å²) in [6, 6.07) is 7.44. The average molecular weight is 311 g/mol. The lowest BCUT2D eigenvalue weighted by atomic mass is 9.90. The van der Waals surface area contributed by atoms with Crippen molar-refractivity contribution < 1.29 is 17.9 Å². The molecule has 0 saturated carbocycles. The van der Waals surface area contributed by atoms with Gasteiger partial charge in [-0.15, -0.1) is 0 Å². The second-order valence-electron chi connectivity index (χ2n) is 5.50. The summed E-state index contributed by atoms with van der Waals surface area (Å²) >= 11 is 0. The van der Waals surface area contributed by atoms with E-state index in [1.165, 1.54) is 17.7 Å². The molecule has 0 spiro atoms. The van der Waals surface area contributed by atoms with Crippen molar-refractivity contribution in [1.82, 2.24) is 4.31 Å². The highest BCUT2D eigenvalue weighted by molar-refractivity contribution is 7.88. The van der Waals surface area contributed by atoms with Gasteiger partial charge in [0.2, 0.25) is 10.0 Å². The number of piperidine rings is 1. The third kappa shape index (κ3) is 4.28. The lowest BCUT2D eigenvalue weighted by Crippen LogP contribution is -2.38. The van der Waals surface area contributed by atoms with Crippen LogP contribution in [0.15, 0.2) is 24.3 Å². The molecule has 5 nitrogen and oxygen atoms in total. The van der Waals surface area contributed by atoms with Crippen molar-refractivity contribution in [2.45, 2.75) is 19.3 Å². The van der Waals surface area contributed by atoms with Crippen LogP contribution in [0.3, 0.4) is 0 Å². The molecule has 1 aliphatic heterocycles. The molecule has 0 N–H and O–H groups in total. The maximum Gasteiger partial charge on any atom is 0.337 e. The highest BCUT2D eigenvalue weighted by atomic mass is 32.2. The largest absolute Gasteiger partial charge is 0.465 e. The zero-order chi connectivity index (χ0) is 15.5. The quantitative estimate of drug-likeness (QED) is 0.794. The molecular formula is C15H21NO4S. The number of esters is 1. The number of ether oxygens (including phenoxy) is 1. The van der Waals surface area contributed by atoms with Gasteiger partial charge in [0.1, 0.15) is 0 Å². The first-order valence-electron chi connectivity index (χ1n) is 7.02. The number of hydrogen-bond acceptors (Lipinski definition) is 4. The molecule has 0 bridgehead atoms. The molecule has 1 fully saturated rings. The van der Waals surface area contributed by atoms with Crippen LogP contribution >= 0.6 is 0 Å². The van der Waals surface area contributed by atoms with Gasteiger partial charge in [-0.1, -0.05) is 12.1 Å². The van der Waals surface area contributed by atoms with E-state index < -0.39 is 10.0 Å². The van der Waals surface area contributed by atoms with Crippen molar-refractivity contribution >= 4 is 16.0 Å². The Balaban J connectivity index is 1.96. The number of methoxy groups -OCH3 is 1. The third-order valence-corrected chi connectivity index (χ3v) is 5.22. The molecule has 1 saturated heterocycles. The second-order valence-corrected chi connectivity index (χ2v) is 7.48. The van der Waals surface area contributed by atoms with E-state index in [4.69, 9.17) is 4.74 Å². The standard InChI is InChI=1S/C15H21NO4S/c1-20-15(17)14-5-3-4-13(11-14)10-12-6-8-16(9-7-12)21(2,18)19/h3-5,11-12H,6-10H2,1-2H3. The number of benzene rings is 1. The van der Waals surface area contributed by atoms with E-state index >= 15 is 0 Å². The van der Waals surface area contributed by atoms with E-state index in [0.29, 0.717) is 24.6 Å². The number of hydrogen-bond donors (Lipinski definition) is 0. The third-order valence-electron chi connectivity index (χ3n) is 3.91. The van der Waals surface area contributed by atoms with E-state index in [2.05, 4.69) is 0 Å². The number of nitrogens with zero attached hydrogens (tertiary/aromatic N) is 1. The van der Waals surface area contributed by atoms with Crippen molar-refractivity contribution in [3.05, 3.63) is 35.4 Å². The van der Waals surface area contributed by atoms with Crippen molar-refractivity contribution in [3.63, 3.8) is 0 Å². The van der Waals surface area contributed by atoms with Crippen LogP contribution in [0.2, 0.25) is 0 Å². The smallest absolute Gasteiger partial charge is 0.337 e. The lowest BCUT2D eigenvalue weighted by Gasteiger charge is -2.30. The Morgan fingerprint density at radius 3 is 2.57 bits per heavy atom. The molecule has 116 valence electrons. The Morgan fingerprint density at radius 1 is 1.33 bits per heavy atom. The maximum atomic E-state index is 11.5. The van der Waals surface area contributed by atoms with Crippen LogP contribution in [0, 0.1) is 5.92 Å². The van der Waals surface area contributed by atoms with Crippen LogP contribution in [0.4, 0.5) is 0 Å². The van der Waals surface area contributed by atoms with Crippen molar-refractivity contribution in [1.29, 1.82) is 0 Å². The number of carbonyl (C=O) groups is 1. The number of carbonyl (C=O) groups excluding carboxylic acids is 1. The van der Waals surface area contributed by atoms with Gasteiger partial charge in [0, 0.05) is 13.1 Å². The molecule has 1 aromatic rings. The Morgan fingerprint density at radius 2 is 2.00 bits per heavy atom. The summed E-state index contributed by atoms with van der Waals surface area (Å²) in [6.45, 7) is 1.17. The minimum Gasteiger partial charge on any atom is -0.465 e. The molecule has 1 aromatic carbocycles. The van der Waals surface area contributed by atoms with Crippen molar-refractivity contribution in [2.24, 2.45) is 5.92 Å². The fourth-order valence-corrected chi connectivity index (χ4v) is 3.60. The van der Waals surface area contributed by atoms with Crippen LogP contribution in [-0.4, -0.2) is 45.1 Å². The van der Waals surface area contributed by atoms with Gasteiger partial charge in [0.25, 0.3) is 0 Å². The summed E-state index contributed by atoms with van der Waals surface area (Å²) in [5.41, 5.74) is 1.65. The van der Waals surface area contributed by atoms with Crippen LogP contribution < -0.4 is 0 Å². The Kier molecular flexibility index (Phi) is 5.00. The molecule has 1 aliphatic rings. The zero-order valence-corrected chi connectivity index (χ0v) is 13.2. The highest BCUT2D eigenvalue weighted by Crippen LogP contribution is 2.23. The Labute approximate surface area is 126 Å². The fraction of sp³-hybridized carbons (Fsp3) is 0.533. The van der Waals surface area contributed by atoms with Gasteiger partial charge in [-0.25, -0.2) is 17.5 Å². The molecule has 0 radical (unpaired) electrons. The predicted octanol–water partition coefficient (Wildman–Crippen LogP) is 1.69. The summed E-state index contributed by atoms with van der Waals surface area (Å²) in [4.78, 5) is 11.5. The van der Waals surface area contributed by atoms with Gasteiger partial charge in [-0.05, 0) is 42.9 Å². The summed E-state index contributed by atoms with van der Waals surface area (Å²) in [6.07, 6.45) is 3.83. The SMILES string of the molecule is COC(=O)c1cccc(CC2CCN(S(C)(=O)=O)CC2)c1. The molecule has 0 atom stereocenters. The van der Waals surface area contributed by atoms with Crippen molar-refractivity contribution in [2.75, 3.05) is 26.5 Å². The van der Waals surface area contributed by atoms with Crippen molar-refractivity contribution in [3.8, 4) is 0 Å². The van der Waals surface area contributed by atoms with E-state index in [0.717, 1.165) is 24.8 Å². The van der Waals surface area contributed by atoms with Gasteiger partial charge in [0.05, 0.1) is 18.9 Å². The molecule has 0 unspecified atom stereocenters. The number of sulfonamides is 1. The highest BCUT2D eigenvalue weighted by Gasteiger charge is 2.25. The van der Waals surface area contributed by atoms with Gasteiger partial charge >= 0.3 is 5.97 Å². The molecule has 0 aromatic heterocycles. The molecule has 1 heterocycles. The normalized spacial score (nSPS) is 17.6. The van der Waals surface area contributed by atoms with E-state index in [9.17, 15) is 13.2 Å². The summed E-state index contributed by atoms with van der Waals surface area (Å²) in [5, 5.41) is 0. The van der Waals surface area contributed by atoms with Crippen LogP contribution in [-0.2, 0) is 21.2 Å². The molecule has 6 heteroatoms. The molecule has 0 amide bonds. The average Bonchev–Trinajstić information content (AvgIpc) is 2.46. The second kappa shape index (κ2) is 6.58. The van der Waals surface area contributed by atoms with E-state index in [1.54, 1.807) is 6.07 Å². The Hall–Kier alpha value is -1.40. The minimum absolute atomic E-state index is 0.330. The van der Waals surface area contributed by atoms with Gasteiger partial charge < -0.3 is 4.74 Å². The summed E-state index contributed by atoms with van der Waals surface area (Å²) in [5.74, 6) is 0.125. The first kappa shape index (κ1) is 16.0. The molecule has 0 aliphatic carbocycles. The number of rotatable bonds is 4. The topological polar surface area (TPSA) is 63.7 Å². The monoisotopic (exact) mass is 311 g/mol. The van der Waals surface area contributed by atoms with E-state index in [1.807, 2.05) is 18.2 Å². The van der Waals surface area contributed by atoms with Crippen LogP contribution in [0.25, 0.3) is 0 Å². The summed E-state index contributed by atoms with van der Waals surface area (Å²) in [7, 11) is -1.70. The first-order valence-corrected chi connectivity index (χ1v) is 8.87. The lowest BCUT2D eigenvalue weighted by molar-refractivity contribution is 0.0600. The van der Waals surface area contributed by atoms with Gasteiger partial charge in [-0.3, -0.25) is 0 Å². The van der Waals surface area contributed by atoms with Crippen LogP contribution in [0.5, 0.6) is 0 Å². The fourth-order valence-electron chi connectivity index (χ4n) is 2.72. The first-order chi connectivity index (χ1) is 9.90. The predicted molar refractivity (Wildman–Crippen MR) is 80.6 cm³/mol. The maximum absolute atomic E-state index is 11.5. The van der Waals surface area contributed by atoms with Crippen LogP contribution in [0.1, 0.15) is 28.8 Å².